The van der Waals surface area contributed by atoms with Gasteiger partial charge in [0.2, 0.25) is 0 Å². The number of benzene rings is 1. The Morgan fingerprint density at radius 3 is 2.43 bits per heavy atom. The summed E-state index contributed by atoms with van der Waals surface area (Å²) in [6.07, 6.45) is 4.41. The summed E-state index contributed by atoms with van der Waals surface area (Å²) in [4.78, 5) is 4.80. The van der Waals surface area contributed by atoms with Gasteiger partial charge in [-0.25, -0.2) is 4.98 Å². The Kier molecular flexibility index (Phi) is 4.14. The Balaban J connectivity index is 1.71. The van der Waals surface area contributed by atoms with Gasteiger partial charge in [0.15, 0.2) is 0 Å². The fraction of sp³-hybridized carbons (Fsp3) is 0.500. The van der Waals surface area contributed by atoms with Crippen LogP contribution < -0.4 is 5.73 Å². The summed E-state index contributed by atoms with van der Waals surface area (Å²) in [6.45, 7) is 4.38. The highest BCUT2D eigenvalue weighted by molar-refractivity contribution is 7.09. The first kappa shape index (κ1) is 14.7. The molecule has 0 bridgehead atoms. The van der Waals surface area contributed by atoms with E-state index in [9.17, 15) is 0 Å². The number of rotatable bonds is 3. The summed E-state index contributed by atoms with van der Waals surface area (Å²) < 4.78 is 0. The average molecular weight is 300 g/mol. The second-order valence-electron chi connectivity index (χ2n) is 6.57. The van der Waals surface area contributed by atoms with Crippen molar-refractivity contribution < 1.29 is 0 Å². The van der Waals surface area contributed by atoms with Crippen LogP contribution in [0, 0.1) is 0 Å². The predicted molar refractivity (Wildman–Crippen MR) is 89.7 cm³/mol. The predicted octanol–water partition coefficient (Wildman–Crippen LogP) is 4.78. The molecule has 1 aliphatic rings. The van der Waals surface area contributed by atoms with Crippen molar-refractivity contribution in [1.29, 1.82) is 0 Å². The molecule has 0 aliphatic heterocycles. The van der Waals surface area contributed by atoms with Crippen molar-refractivity contribution in [3.63, 3.8) is 0 Å². The van der Waals surface area contributed by atoms with Crippen molar-refractivity contribution in [2.45, 2.75) is 56.9 Å². The number of nitrogens with zero attached hydrogens (tertiary/aromatic N) is 1. The van der Waals surface area contributed by atoms with E-state index >= 15 is 0 Å². The third-order valence-electron chi connectivity index (χ3n) is 4.69. The smallest absolute Gasteiger partial charge is 0.113 e. The van der Waals surface area contributed by atoms with Gasteiger partial charge in [0.05, 0.1) is 11.2 Å². The second kappa shape index (κ2) is 5.90. The molecule has 21 heavy (non-hydrogen) atoms. The lowest BCUT2D eigenvalue weighted by atomic mass is 9.75. The average Bonchev–Trinajstić information content (AvgIpc) is 3.00. The number of nitrogens with two attached hydrogens (primary N) is 1. The van der Waals surface area contributed by atoms with Gasteiger partial charge in [0.25, 0.3) is 0 Å². The van der Waals surface area contributed by atoms with Crippen molar-refractivity contribution >= 4 is 11.3 Å². The quantitative estimate of drug-likeness (QED) is 0.886. The molecule has 1 heterocycles. The van der Waals surface area contributed by atoms with Crippen LogP contribution in [0.5, 0.6) is 0 Å². The number of aromatic nitrogens is 1. The van der Waals surface area contributed by atoms with Crippen LogP contribution in [0.15, 0.2) is 35.7 Å². The van der Waals surface area contributed by atoms with Crippen molar-refractivity contribution in [3.05, 3.63) is 52.0 Å². The van der Waals surface area contributed by atoms with Crippen molar-refractivity contribution in [2.24, 2.45) is 5.73 Å². The molecule has 3 heteroatoms. The zero-order chi connectivity index (χ0) is 14.9. The highest BCUT2D eigenvalue weighted by atomic mass is 32.1. The molecule has 112 valence electrons. The first-order valence-corrected chi connectivity index (χ1v) is 8.76. The molecule has 1 aliphatic carbocycles. The summed E-state index contributed by atoms with van der Waals surface area (Å²) in [6, 6.07) is 10.8. The molecule has 3 rings (SSSR count). The molecule has 0 spiro atoms. The van der Waals surface area contributed by atoms with Crippen LogP contribution in [0.2, 0.25) is 0 Å². The maximum Gasteiger partial charge on any atom is 0.113 e. The molecular weight excluding hydrogens is 276 g/mol. The molecule has 0 atom stereocenters. The SMILES string of the molecule is CC(C)c1csc(C2(N)CCC(c3ccccc3)CC2)n1. The van der Waals surface area contributed by atoms with Crippen molar-refractivity contribution in [3.8, 4) is 0 Å². The Hall–Kier alpha value is -1.19. The van der Waals surface area contributed by atoms with E-state index in [4.69, 9.17) is 10.7 Å². The molecule has 2 aromatic rings. The van der Waals surface area contributed by atoms with Gasteiger partial charge < -0.3 is 5.73 Å². The second-order valence-corrected chi connectivity index (χ2v) is 7.43. The van der Waals surface area contributed by atoms with Gasteiger partial charge >= 0.3 is 0 Å². The number of thiazole rings is 1. The van der Waals surface area contributed by atoms with Crippen LogP contribution in [0.3, 0.4) is 0 Å². The highest BCUT2D eigenvalue weighted by Crippen LogP contribution is 2.42. The van der Waals surface area contributed by atoms with Gasteiger partial charge in [-0.15, -0.1) is 11.3 Å². The number of hydrogen-bond acceptors (Lipinski definition) is 3. The van der Waals surface area contributed by atoms with Crippen LogP contribution in [0.1, 0.15) is 67.6 Å². The fourth-order valence-electron chi connectivity index (χ4n) is 3.19. The summed E-state index contributed by atoms with van der Waals surface area (Å²) in [5, 5.41) is 3.32. The molecule has 1 aromatic heterocycles. The van der Waals surface area contributed by atoms with E-state index in [2.05, 4.69) is 49.6 Å². The van der Waals surface area contributed by atoms with Gasteiger partial charge in [-0.2, -0.15) is 0 Å². The fourth-order valence-corrected chi connectivity index (χ4v) is 4.34. The topological polar surface area (TPSA) is 38.9 Å². The molecular formula is C18H24N2S. The van der Waals surface area contributed by atoms with Gasteiger partial charge in [0, 0.05) is 5.38 Å². The Labute approximate surface area is 131 Å². The van der Waals surface area contributed by atoms with Crippen LogP contribution in [0.25, 0.3) is 0 Å². The van der Waals surface area contributed by atoms with Crippen LogP contribution in [-0.4, -0.2) is 4.98 Å². The largest absolute Gasteiger partial charge is 0.319 e. The molecule has 2 nitrogen and oxygen atoms in total. The monoisotopic (exact) mass is 300 g/mol. The summed E-state index contributed by atoms with van der Waals surface area (Å²) in [7, 11) is 0. The van der Waals surface area contributed by atoms with Crippen LogP contribution in [0.4, 0.5) is 0 Å². The maximum absolute atomic E-state index is 6.68. The zero-order valence-corrected chi connectivity index (χ0v) is 13.7. The van der Waals surface area contributed by atoms with Crippen LogP contribution in [-0.2, 0) is 5.54 Å². The van der Waals surface area contributed by atoms with E-state index in [-0.39, 0.29) is 5.54 Å². The minimum Gasteiger partial charge on any atom is -0.319 e. The van der Waals surface area contributed by atoms with Gasteiger partial charge in [-0.05, 0) is 43.1 Å². The van der Waals surface area contributed by atoms with E-state index in [0.29, 0.717) is 11.8 Å². The van der Waals surface area contributed by atoms with E-state index < -0.39 is 0 Å². The lowest BCUT2D eigenvalue weighted by Gasteiger charge is -2.36. The summed E-state index contributed by atoms with van der Waals surface area (Å²) in [5.41, 5.74) is 9.12. The Morgan fingerprint density at radius 2 is 1.86 bits per heavy atom. The normalized spacial score (nSPS) is 26.2. The molecule has 1 aromatic carbocycles. The van der Waals surface area contributed by atoms with Gasteiger partial charge in [-0.3, -0.25) is 0 Å². The van der Waals surface area contributed by atoms with E-state index in [1.54, 1.807) is 11.3 Å². The lowest BCUT2D eigenvalue weighted by Crippen LogP contribution is -2.40. The van der Waals surface area contributed by atoms with Crippen molar-refractivity contribution in [2.75, 3.05) is 0 Å². The first-order valence-electron chi connectivity index (χ1n) is 7.88. The van der Waals surface area contributed by atoms with Crippen LogP contribution >= 0.6 is 11.3 Å². The Morgan fingerprint density at radius 1 is 1.19 bits per heavy atom. The summed E-state index contributed by atoms with van der Waals surface area (Å²) >= 11 is 1.74. The number of hydrogen-bond donors (Lipinski definition) is 1. The first-order chi connectivity index (χ1) is 10.1. The Bertz CT molecular complexity index is 580. The molecule has 1 saturated carbocycles. The summed E-state index contributed by atoms with van der Waals surface area (Å²) in [5.74, 6) is 1.15. The van der Waals surface area contributed by atoms with Gasteiger partial charge in [-0.1, -0.05) is 44.2 Å². The molecule has 1 fully saturated rings. The third kappa shape index (κ3) is 3.04. The molecule has 0 amide bonds. The molecule has 0 radical (unpaired) electrons. The molecule has 2 N–H and O–H groups in total. The third-order valence-corrected chi connectivity index (χ3v) is 5.77. The maximum atomic E-state index is 6.68. The minimum atomic E-state index is -0.205. The minimum absolute atomic E-state index is 0.205. The molecule has 0 saturated heterocycles. The van der Waals surface area contributed by atoms with E-state index in [0.717, 1.165) is 30.7 Å². The molecule has 0 unspecified atom stereocenters. The standard InChI is InChI=1S/C18H24N2S/c1-13(2)16-12-21-17(20-16)18(19)10-8-15(9-11-18)14-6-4-3-5-7-14/h3-7,12-13,15H,8-11,19H2,1-2H3. The zero-order valence-electron chi connectivity index (χ0n) is 12.9. The lowest BCUT2D eigenvalue weighted by molar-refractivity contribution is 0.276. The van der Waals surface area contributed by atoms with E-state index in [1.165, 1.54) is 11.3 Å². The highest BCUT2D eigenvalue weighted by Gasteiger charge is 2.36. The van der Waals surface area contributed by atoms with Crippen molar-refractivity contribution in [1.82, 2.24) is 4.98 Å². The van der Waals surface area contributed by atoms with Gasteiger partial charge in [0.1, 0.15) is 5.01 Å². The van der Waals surface area contributed by atoms with E-state index in [1.807, 2.05) is 0 Å².